The van der Waals surface area contributed by atoms with Crippen molar-refractivity contribution in [3.8, 4) is 0 Å². The van der Waals surface area contributed by atoms with E-state index in [1.54, 1.807) is 24.4 Å². The second-order valence-electron chi connectivity index (χ2n) is 10.3. The van der Waals surface area contributed by atoms with E-state index in [1.807, 2.05) is 17.2 Å². The van der Waals surface area contributed by atoms with Gasteiger partial charge >= 0.3 is 12.1 Å². The number of carbonyl (C=O) groups is 4. The van der Waals surface area contributed by atoms with Crippen LogP contribution in [0.5, 0.6) is 0 Å². The van der Waals surface area contributed by atoms with Crippen molar-refractivity contribution in [2.24, 2.45) is 5.92 Å². The van der Waals surface area contributed by atoms with Crippen LogP contribution in [0.4, 0.5) is 15.3 Å². The number of urea groups is 1. The maximum atomic E-state index is 13.6. The first-order chi connectivity index (χ1) is 17.9. The van der Waals surface area contributed by atoms with E-state index in [1.165, 1.54) is 7.05 Å². The number of hydrogen-bond acceptors (Lipinski definition) is 6. The maximum absolute atomic E-state index is 13.6. The van der Waals surface area contributed by atoms with Gasteiger partial charge in [-0.1, -0.05) is 6.07 Å². The Bertz CT molecular complexity index is 1310. The van der Waals surface area contributed by atoms with Gasteiger partial charge in [-0.25, -0.2) is 14.5 Å². The number of pyridine rings is 1. The minimum atomic E-state index is -1.43. The number of nitrogens with one attached hydrogen (secondary N) is 2. The van der Waals surface area contributed by atoms with Gasteiger partial charge in [0.1, 0.15) is 6.54 Å². The number of imide groups is 1. The maximum Gasteiger partial charge on any atom is 0.418 e. The van der Waals surface area contributed by atoms with Gasteiger partial charge in [-0.15, -0.1) is 0 Å². The molecule has 5 amide bonds. The molecule has 1 aromatic heterocycles. The van der Waals surface area contributed by atoms with E-state index in [0.717, 1.165) is 47.3 Å². The van der Waals surface area contributed by atoms with Crippen LogP contribution >= 0.6 is 0 Å². The molecular formula is C27H29N5O5. The highest BCUT2D eigenvalue weighted by molar-refractivity contribution is 6.06. The smallest absolute Gasteiger partial charge is 0.418 e. The highest BCUT2D eigenvalue weighted by Crippen LogP contribution is 2.46. The summed E-state index contributed by atoms with van der Waals surface area (Å²) in [5, 5.41) is 5.21. The molecule has 2 aliphatic heterocycles. The first kappa shape index (κ1) is 23.4. The normalized spacial score (nSPS) is 24.4. The fourth-order valence-corrected chi connectivity index (χ4v) is 5.99. The first-order valence-electron chi connectivity index (χ1n) is 12.8. The molecule has 10 heteroatoms. The number of carbonyl (C=O) groups excluding carboxylic acids is 4. The second-order valence-corrected chi connectivity index (χ2v) is 10.3. The van der Waals surface area contributed by atoms with Crippen molar-refractivity contribution in [1.82, 2.24) is 20.1 Å². The van der Waals surface area contributed by atoms with Crippen molar-refractivity contribution in [3.05, 3.63) is 58.9 Å². The number of ether oxygens (including phenoxy) is 1. The molecule has 2 atom stereocenters. The molecule has 6 rings (SSSR count). The van der Waals surface area contributed by atoms with Crippen LogP contribution in [-0.2, 0) is 39.3 Å². The van der Waals surface area contributed by atoms with E-state index in [9.17, 15) is 19.2 Å². The minimum absolute atomic E-state index is 0.0843. The van der Waals surface area contributed by atoms with Gasteiger partial charge in [0.2, 0.25) is 11.5 Å². The van der Waals surface area contributed by atoms with Crippen LogP contribution in [0.15, 0.2) is 36.7 Å². The van der Waals surface area contributed by atoms with Crippen molar-refractivity contribution < 1.29 is 23.9 Å². The molecule has 192 valence electrons. The van der Waals surface area contributed by atoms with Crippen molar-refractivity contribution >= 4 is 29.6 Å². The molecule has 1 saturated heterocycles. The molecule has 0 radical (unpaired) electrons. The quantitative estimate of drug-likeness (QED) is 0.662. The predicted octanol–water partition coefficient (Wildman–Crippen LogP) is 2.71. The van der Waals surface area contributed by atoms with Gasteiger partial charge in [-0.05, 0) is 72.9 Å². The summed E-state index contributed by atoms with van der Waals surface area (Å²) in [6.07, 6.45) is 7.50. The summed E-state index contributed by atoms with van der Waals surface area (Å²) in [6.45, 7) is 0.110. The lowest BCUT2D eigenvalue weighted by Crippen LogP contribution is -2.48. The van der Waals surface area contributed by atoms with Crippen LogP contribution in [0.1, 0.15) is 47.9 Å². The van der Waals surface area contributed by atoms with Crippen LogP contribution in [0.2, 0.25) is 0 Å². The number of hydrogen-bond donors (Lipinski definition) is 2. The van der Waals surface area contributed by atoms with Crippen molar-refractivity contribution in [2.75, 3.05) is 18.9 Å². The lowest BCUT2D eigenvalue weighted by molar-refractivity contribution is -0.143. The van der Waals surface area contributed by atoms with Crippen LogP contribution in [0.25, 0.3) is 0 Å². The predicted molar refractivity (Wildman–Crippen MR) is 132 cm³/mol. The molecule has 1 saturated carbocycles. The highest BCUT2D eigenvalue weighted by atomic mass is 16.6. The van der Waals surface area contributed by atoms with Gasteiger partial charge in [0, 0.05) is 49.7 Å². The number of aryl methyl sites for hydroxylation is 2. The Morgan fingerprint density at radius 3 is 2.73 bits per heavy atom. The summed E-state index contributed by atoms with van der Waals surface area (Å²) in [7, 11) is 1.53. The topological polar surface area (TPSA) is 121 Å². The zero-order valence-corrected chi connectivity index (χ0v) is 20.7. The summed E-state index contributed by atoms with van der Waals surface area (Å²) >= 11 is 0. The van der Waals surface area contributed by atoms with E-state index in [2.05, 4.69) is 15.6 Å². The minimum Gasteiger partial charge on any atom is -0.427 e. The van der Waals surface area contributed by atoms with Gasteiger partial charge in [-0.3, -0.25) is 14.6 Å². The van der Waals surface area contributed by atoms with Gasteiger partial charge in [-0.2, -0.15) is 0 Å². The molecule has 0 bridgehead atoms. The third-order valence-electron chi connectivity index (χ3n) is 8.08. The van der Waals surface area contributed by atoms with E-state index in [0.29, 0.717) is 36.6 Å². The van der Waals surface area contributed by atoms with Crippen LogP contribution < -0.4 is 10.6 Å². The van der Waals surface area contributed by atoms with Crippen LogP contribution in [-0.4, -0.2) is 58.4 Å². The largest absolute Gasteiger partial charge is 0.427 e. The van der Waals surface area contributed by atoms with Crippen LogP contribution in [0.3, 0.4) is 0 Å². The average molecular weight is 504 g/mol. The van der Waals surface area contributed by atoms with E-state index >= 15 is 0 Å². The van der Waals surface area contributed by atoms with Gasteiger partial charge in [0.05, 0.1) is 0 Å². The average Bonchev–Trinajstić information content (AvgIpc) is 3.66. The Hall–Kier alpha value is -3.95. The molecule has 1 aromatic carbocycles. The Balaban J connectivity index is 1.23. The third-order valence-corrected chi connectivity index (χ3v) is 8.08. The summed E-state index contributed by atoms with van der Waals surface area (Å²) in [5.41, 5.74) is 2.80. The van der Waals surface area contributed by atoms with Gasteiger partial charge in [0.15, 0.2) is 0 Å². The van der Waals surface area contributed by atoms with Crippen molar-refractivity contribution in [1.29, 1.82) is 0 Å². The van der Waals surface area contributed by atoms with Crippen LogP contribution in [0, 0.1) is 5.92 Å². The molecule has 2 N–H and O–H groups in total. The molecule has 2 fully saturated rings. The number of fused-ring (bicyclic) bond motifs is 3. The Morgan fingerprint density at radius 1 is 1.11 bits per heavy atom. The first-order valence-corrected chi connectivity index (χ1v) is 12.8. The number of anilines is 1. The molecule has 1 spiro atoms. The molecule has 10 nitrogen and oxygen atoms in total. The molecule has 37 heavy (non-hydrogen) atoms. The van der Waals surface area contributed by atoms with Gasteiger partial charge < -0.3 is 20.3 Å². The fourth-order valence-electron chi connectivity index (χ4n) is 5.99. The SMILES string of the molecule is CNC(=O)Nc1ccc2c(c1)CC[C@@]21OC(=O)N(CC(=O)N2Cc3ccncc3CC[C@@H]2C2CC2)C1=O. The number of aromatic nitrogens is 1. The zero-order valence-electron chi connectivity index (χ0n) is 20.7. The van der Waals surface area contributed by atoms with Crippen molar-refractivity contribution in [3.63, 3.8) is 0 Å². The number of amides is 5. The monoisotopic (exact) mass is 503 g/mol. The second kappa shape index (κ2) is 8.86. The van der Waals surface area contributed by atoms with Crippen molar-refractivity contribution in [2.45, 2.75) is 56.7 Å². The summed E-state index contributed by atoms with van der Waals surface area (Å²) in [4.78, 5) is 59.0. The summed E-state index contributed by atoms with van der Waals surface area (Å²) in [5.74, 6) is -0.288. The number of benzene rings is 1. The standard InChI is InChI=1S/C27H29N5O5/c1-28-25(35)30-20-5-6-21-17(12-20)8-10-27(21)24(34)32(26(36)37-27)15-23(33)31-14-19-9-11-29-13-18(19)4-7-22(31)16-2-3-16/h5-6,9,11-13,16,22H,2-4,7-8,10,14-15H2,1H3,(H2,28,30,35)/t22-,27-/m1/s1. The molecule has 4 aliphatic rings. The van der Waals surface area contributed by atoms with E-state index < -0.39 is 17.6 Å². The molecule has 2 aliphatic carbocycles. The Kier molecular flexibility index (Phi) is 5.62. The van der Waals surface area contributed by atoms with E-state index in [-0.39, 0.29) is 24.5 Å². The third kappa shape index (κ3) is 4.00. The number of nitrogens with zero attached hydrogens (tertiary/aromatic N) is 3. The Labute approximate surface area is 214 Å². The van der Waals surface area contributed by atoms with Gasteiger partial charge in [0.25, 0.3) is 5.91 Å². The summed E-state index contributed by atoms with van der Waals surface area (Å²) < 4.78 is 5.72. The molecular weight excluding hydrogens is 474 g/mol. The zero-order chi connectivity index (χ0) is 25.7. The lowest BCUT2D eigenvalue weighted by Gasteiger charge is -2.31. The highest BCUT2D eigenvalue weighted by Gasteiger charge is 2.58. The molecule has 3 heterocycles. The van der Waals surface area contributed by atoms with E-state index in [4.69, 9.17) is 4.74 Å². The number of rotatable bonds is 4. The lowest BCUT2D eigenvalue weighted by atomic mass is 9.94. The Morgan fingerprint density at radius 2 is 1.95 bits per heavy atom. The molecule has 2 aromatic rings. The fraction of sp³-hybridized carbons (Fsp3) is 0.444. The molecule has 0 unspecified atom stereocenters. The summed E-state index contributed by atoms with van der Waals surface area (Å²) in [6, 6.07) is 6.86.